The number of ether oxygens (including phenoxy) is 2. The minimum absolute atomic E-state index is 0.0754. The lowest BCUT2D eigenvalue weighted by Gasteiger charge is -2.12. The van der Waals surface area contributed by atoms with E-state index in [1.807, 2.05) is 0 Å². The smallest absolute Gasteiger partial charge is 0.387 e. The minimum Gasteiger partial charge on any atom is -0.493 e. The van der Waals surface area contributed by atoms with Gasteiger partial charge < -0.3 is 14.8 Å². The Kier molecular flexibility index (Phi) is 6.52. The summed E-state index contributed by atoms with van der Waals surface area (Å²) in [6, 6.07) is 8.25. The number of hydrogen-bond donors (Lipinski definition) is 1. The summed E-state index contributed by atoms with van der Waals surface area (Å²) in [6.45, 7) is -2.73. The molecule has 0 saturated carbocycles. The molecule has 0 radical (unpaired) electrons. The molecule has 0 unspecified atom stereocenters. The van der Waals surface area contributed by atoms with Crippen molar-refractivity contribution in [1.29, 1.82) is 0 Å². The zero-order valence-electron chi connectivity index (χ0n) is 13.2. The van der Waals surface area contributed by atoms with Gasteiger partial charge in [0.2, 0.25) is 0 Å². The number of carbonyl (C=O) groups excluding carboxylic acids is 1. The van der Waals surface area contributed by atoms with Crippen LogP contribution < -0.4 is 14.8 Å². The standard InChI is InChI=1S/C17H15ClF3NO3/c1-24-15-8-10(2-5-14(15)25-17(20)21)6-7-22-16(23)12-4-3-11(18)9-13(12)19/h2-5,8-9,17H,6-7H2,1H3,(H,22,23). The Morgan fingerprint density at radius 2 is 1.96 bits per heavy atom. The summed E-state index contributed by atoms with van der Waals surface area (Å²) < 4.78 is 47.6. The van der Waals surface area contributed by atoms with E-state index >= 15 is 0 Å². The molecule has 1 N–H and O–H groups in total. The summed E-state index contributed by atoms with van der Waals surface area (Å²) in [4.78, 5) is 11.9. The van der Waals surface area contributed by atoms with Gasteiger partial charge in [-0.3, -0.25) is 4.79 Å². The van der Waals surface area contributed by atoms with Crippen LogP contribution in [0.25, 0.3) is 0 Å². The average Bonchev–Trinajstić information content (AvgIpc) is 2.55. The first-order valence-electron chi connectivity index (χ1n) is 7.25. The molecule has 0 saturated heterocycles. The second-order valence-corrected chi connectivity index (χ2v) is 5.43. The molecule has 25 heavy (non-hydrogen) atoms. The van der Waals surface area contributed by atoms with Gasteiger partial charge in [0.1, 0.15) is 5.82 Å². The molecule has 0 aliphatic carbocycles. The Morgan fingerprint density at radius 3 is 2.60 bits per heavy atom. The molecular formula is C17H15ClF3NO3. The molecule has 0 aromatic heterocycles. The van der Waals surface area contributed by atoms with Crippen molar-refractivity contribution in [3.05, 3.63) is 58.4 Å². The van der Waals surface area contributed by atoms with E-state index in [0.717, 1.165) is 11.6 Å². The normalized spacial score (nSPS) is 10.6. The first kappa shape index (κ1) is 18.9. The van der Waals surface area contributed by atoms with Crippen LogP contribution >= 0.6 is 11.6 Å². The fourth-order valence-electron chi connectivity index (χ4n) is 2.15. The summed E-state index contributed by atoms with van der Waals surface area (Å²) in [5.41, 5.74) is 0.623. The van der Waals surface area contributed by atoms with E-state index in [1.165, 1.54) is 31.4 Å². The number of alkyl halides is 2. The molecule has 2 aromatic rings. The summed E-state index contributed by atoms with van der Waals surface area (Å²) in [5.74, 6) is -1.19. The van der Waals surface area contributed by atoms with Gasteiger partial charge in [0.15, 0.2) is 11.5 Å². The van der Waals surface area contributed by atoms with Crippen LogP contribution in [0.2, 0.25) is 5.02 Å². The van der Waals surface area contributed by atoms with Crippen LogP contribution in [0.1, 0.15) is 15.9 Å². The molecule has 0 aliphatic heterocycles. The number of benzene rings is 2. The predicted molar refractivity (Wildman–Crippen MR) is 87.1 cm³/mol. The van der Waals surface area contributed by atoms with E-state index in [1.54, 1.807) is 6.07 Å². The highest BCUT2D eigenvalue weighted by atomic mass is 35.5. The predicted octanol–water partition coefficient (Wildman–Crippen LogP) is 4.06. The van der Waals surface area contributed by atoms with Crippen LogP contribution in [0.5, 0.6) is 11.5 Å². The zero-order valence-corrected chi connectivity index (χ0v) is 13.9. The second-order valence-electron chi connectivity index (χ2n) is 4.99. The first-order valence-corrected chi connectivity index (χ1v) is 7.63. The highest BCUT2D eigenvalue weighted by molar-refractivity contribution is 6.30. The van der Waals surface area contributed by atoms with Gasteiger partial charge in [-0.05, 0) is 42.3 Å². The largest absolute Gasteiger partial charge is 0.493 e. The van der Waals surface area contributed by atoms with Crippen molar-refractivity contribution in [3.8, 4) is 11.5 Å². The molecule has 134 valence electrons. The highest BCUT2D eigenvalue weighted by Crippen LogP contribution is 2.29. The molecule has 4 nitrogen and oxygen atoms in total. The van der Waals surface area contributed by atoms with E-state index in [0.29, 0.717) is 6.42 Å². The zero-order chi connectivity index (χ0) is 18.4. The van der Waals surface area contributed by atoms with E-state index < -0.39 is 18.3 Å². The van der Waals surface area contributed by atoms with Crippen LogP contribution in [0.4, 0.5) is 13.2 Å². The molecule has 2 rings (SSSR count). The summed E-state index contributed by atoms with van der Waals surface area (Å²) in [6.07, 6.45) is 0.395. The fraction of sp³-hybridized carbons (Fsp3) is 0.235. The third-order valence-electron chi connectivity index (χ3n) is 3.32. The quantitative estimate of drug-likeness (QED) is 0.796. The molecule has 0 fully saturated rings. The maximum Gasteiger partial charge on any atom is 0.387 e. The summed E-state index contributed by atoms with van der Waals surface area (Å²) in [7, 11) is 1.34. The van der Waals surface area contributed by atoms with Gasteiger partial charge in [-0.2, -0.15) is 8.78 Å². The molecule has 8 heteroatoms. The Balaban J connectivity index is 1.96. The van der Waals surface area contributed by atoms with E-state index in [4.69, 9.17) is 16.3 Å². The van der Waals surface area contributed by atoms with E-state index in [9.17, 15) is 18.0 Å². The summed E-state index contributed by atoms with van der Waals surface area (Å²) >= 11 is 5.64. The lowest BCUT2D eigenvalue weighted by molar-refractivity contribution is -0.0512. The maximum absolute atomic E-state index is 13.7. The van der Waals surface area contributed by atoms with Crippen LogP contribution in [-0.4, -0.2) is 26.2 Å². The number of carbonyl (C=O) groups is 1. The Morgan fingerprint density at radius 1 is 1.20 bits per heavy atom. The van der Waals surface area contributed by atoms with Crippen LogP contribution in [0, 0.1) is 5.82 Å². The minimum atomic E-state index is -2.95. The molecular weight excluding hydrogens is 359 g/mol. The highest BCUT2D eigenvalue weighted by Gasteiger charge is 2.13. The molecule has 0 atom stereocenters. The van der Waals surface area contributed by atoms with Gasteiger partial charge in [0.05, 0.1) is 12.7 Å². The third kappa shape index (κ3) is 5.29. The topological polar surface area (TPSA) is 47.6 Å². The Labute approximate surface area is 147 Å². The van der Waals surface area contributed by atoms with Crippen molar-refractivity contribution >= 4 is 17.5 Å². The number of hydrogen-bond acceptors (Lipinski definition) is 3. The van der Waals surface area contributed by atoms with Crippen LogP contribution in [0.3, 0.4) is 0 Å². The number of amides is 1. The van der Waals surface area contributed by atoms with Crippen molar-refractivity contribution in [2.45, 2.75) is 13.0 Å². The lowest BCUT2D eigenvalue weighted by atomic mass is 10.1. The monoisotopic (exact) mass is 373 g/mol. The third-order valence-corrected chi connectivity index (χ3v) is 3.55. The number of methoxy groups -OCH3 is 1. The molecule has 1 amide bonds. The Bertz CT molecular complexity index is 756. The van der Waals surface area contributed by atoms with Crippen molar-refractivity contribution in [2.24, 2.45) is 0 Å². The Hall–Kier alpha value is -2.41. The second kappa shape index (κ2) is 8.62. The lowest BCUT2D eigenvalue weighted by Crippen LogP contribution is -2.26. The van der Waals surface area contributed by atoms with Gasteiger partial charge in [-0.1, -0.05) is 17.7 Å². The average molecular weight is 374 g/mol. The molecule has 0 spiro atoms. The number of nitrogens with one attached hydrogen (secondary N) is 1. The SMILES string of the molecule is COc1cc(CCNC(=O)c2ccc(Cl)cc2F)ccc1OC(F)F. The van der Waals surface area contributed by atoms with Crippen LogP contribution in [0.15, 0.2) is 36.4 Å². The molecule has 0 bridgehead atoms. The van der Waals surface area contributed by atoms with Crippen LogP contribution in [-0.2, 0) is 6.42 Å². The molecule has 0 aliphatic rings. The van der Waals surface area contributed by atoms with Gasteiger partial charge in [0.25, 0.3) is 5.91 Å². The van der Waals surface area contributed by atoms with E-state index in [2.05, 4.69) is 10.1 Å². The van der Waals surface area contributed by atoms with Crippen molar-refractivity contribution in [1.82, 2.24) is 5.32 Å². The van der Waals surface area contributed by atoms with Crippen molar-refractivity contribution in [3.63, 3.8) is 0 Å². The van der Waals surface area contributed by atoms with Crippen molar-refractivity contribution in [2.75, 3.05) is 13.7 Å². The van der Waals surface area contributed by atoms with Gasteiger partial charge in [-0.15, -0.1) is 0 Å². The maximum atomic E-state index is 13.7. The van der Waals surface area contributed by atoms with Gasteiger partial charge in [-0.25, -0.2) is 4.39 Å². The number of halogens is 4. The number of rotatable bonds is 7. The molecule has 2 aromatic carbocycles. The van der Waals surface area contributed by atoms with E-state index in [-0.39, 0.29) is 28.6 Å². The van der Waals surface area contributed by atoms with Gasteiger partial charge in [0, 0.05) is 11.6 Å². The first-order chi connectivity index (χ1) is 11.9. The fourth-order valence-corrected chi connectivity index (χ4v) is 2.31. The van der Waals surface area contributed by atoms with Crippen molar-refractivity contribution < 1.29 is 27.4 Å². The van der Waals surface area contributed by atoms with Gasteiger partial charge >= 0.3 is 6.61 Å². The summed E-state index contributed by atoms with van der Waals surface area (Å²) in [5, 5.41) is 2.78. The molecule has 0 heterocycles.